The molecule has 1 rings (SSSR count). The van der Waals surface area contributed by atoms with Crippen molar-refractivity contribution in [3.63, 3.8) is 0 Å². The Morgan fingerprint density at radius 3 is 2.87 bits per heavy atom. The van der Waals surface area contributed by atoms with Crippen molar-refractivity contribution in [2.24, 2.45) is 0 Å². The van der Waals surface area contributed by atoms with Crippen LogP contribution in [0.15, 0.2) is 16.7 Å². The van der Waals surface area contributed by atoms with Gasteiger partial charge in [0.2, 0.25) is 0 Å². The molecule has 0 amide bonds. The second kappa shape index (κ2) is 5.65. The number of hydrogen-bond donors (Lipinski definition) is 0. The van der Waals surface area contributed by atoms with E-state index in [0.717, 1.165) is 12.8 Å². The van der Waals surface area contributed by atoms with Crippen molar-refractivity contribution in [3.8, 4) is 5.75 Å². The minimum atomic E-state index is -0.541. The molecule has 0 aliphatic carbocycles. The summed E-state index contributed by atoms with van der Waals surface area (Å²) in [4.78, 5) is 13.6. The van der Waals surface area contributed by atoms with Crippen molar-refractivity contribution in [3.05, 3.63) is 26.9 Å². The molecule has 6 heteroatoms. The molecule has 0 radical (unpaired) electrons. The molecular formula is C9H11BrN2O3. The van der Waals surface area contributed by atoms with Crippen molar-refractivity contribution in [1.82, 2.24) is 4.98 Å². The molecule has 0 aliphatic rings. The summed E-state index contributed by atoms with van der Waals surface area (Å²) in [5, 5.41) is 10.4. The zero-order valence-corrected chi connectivity index (χ0v) is 9.86. The van der Waals surface area contributed by atoms with E-state index >= 15 is 0 Å². The molecule has 0 fully saturated rings. The van der Waals surface area contributed by atoms with E-state index in [1.807, 2.05) is 0 Å². The molecule has 0 saturated carbocycles. The number of ether oxygens (including phenoxy) is 1. The second-order valence-electron chi connectivity index (χ2n) is 2.92. The minimum absolute atomic E-state index is 0.190. The van der Waals surface area contributed by atoms with E-state index in [1.165, 1.54) is 6.07 Å². The third kappa shape index (κ3) is 3.47. The number of aromatic nitrogens is 1. The van der Waals surface area contributed by atoms with Crippen LogP contribution in [-0.2, 0) is 0 Å². The van der Waals surface area contributed by atoms with Crippen molar-refractivity contribution >= 4 is 21.7 Å². The first-order valence-corrected chi connectivity index (χ1v) is 5.38. The Morgan fingerprint density at radius 1 is 1.60 bits per heavy atom. The number of halogens is 1. The van der Waals surface area contributed by atoms with Crippen LogP contribution >= 0.6 is 15.9 Å². The Hall–Kier alpha value is -1.17. The lowest BCUT2D eigenvalue weighted by molar-refractivity contribution is -0.389. The first-order valence-electron chi connectivity index (χ1n) is 4.59. The second-order valence-corrected chi connectivity index (χ2v) is 3.67. The number of hydrogen-bond acceptors (Lipinski definition) is 4. The number of nitrogens with zero attached hydrogens (tertiary/aromatic N) is 2. The van der Waals surface area contributed by atoms with Gasteiger partial charge >= 0.3 is 5.82 Å². The van der Waals surface area contributed by atoms with Gasteiger partial charge in [-0.3, -0.25) is 0 Å². The molecule has 0 aliphatic heterocycles. The van der Waals surface area contributed by atoms with E-state index in [0.29, 0.717) is 17.0 Å². The predicted octanol–water partition coefficient (Wildman–Crippen LogP) is 2.93. The summed E-state index contributed by atoms with van der Waals surface area (Å²) in [6.45, 7) is 2.65. The monoisotopic (exact) mass is 274 g/mol. The molecule has 1 aromatic heterocycles. The lowest BCUT2D eigenvalue weighted by Crippen LogP contribution is -1.99. The maximum Gasteiger partial charge on any atom is 0.364 e. The highest BCUT2D eigenvalue weighted by Gasteiger charge is 2.13. The summed E-state index contributed by atoms with van der Waals surface area (Å²) in [6, 6.07) is 2.87. The molecule has 0 atom stereocenters. The number of unbranched alkanes of at least 4 members (excludes halogenated alkanes) is 1. The van der Waals surface area contributed by atoms with E-state index in [1.54, 1.807) is 6.07 Å². The van der Waals surface area contributed by atoms with Gasteiger partial charge in [-0.1, -0.05) is 13.3 Å². The first kappa shape index (κ1) is 11.9. The molecule has 1 heterocycles. The molecule has 0 saturated heterocycles. The number of pyridine rings is 1. The van der Waals surface area contributed by atoms with Crippen LogP contribution in [0.1, 0.15) is 19.8 Å². The van der Waals surface area contributed by atoms with E-state index in [4.69, 9.17) is 4.74 Å². The Bertz CT molecular complexity index is 357. The van der Waals surface area contributed by atoms with Crippen LogP contribution in [0, 0.1) is 10.1 Å². The van der Waals surface area contributed by atoms with Gasteiger partial charge < -0.3 is 14.9 Å². The zero-order chi connectivity index (χ0) is 11.3. The Labute approximate surface area is 95.7 Å². The number of nitro groups is 1. The molecule has 0 spiro atoms. The Morgan fingerprint density at radius 2 is 2.33 bits per heavy atom. The van der Waals surface area contributed by atoms with Crippen molar-refractivity contribution in [2.45, 2.75) is 19.8 Å². The fourth-order valence-electron chi connectivity index (χ4n) is 0.948. The van der Waals surface area contributed by atoms with Gasteiger partial charge in [0.1, 0.15) is 0 Å². The number of rotatable bonds is 5. The molecule has 0 unspecified atom stereocenters. The van der Waals surface area contributed by atoms with E-state index in [2.05, 4.69) is 27.8 Å². The molecule has 0 aromatic carbocycles. The molecule has 15 heavy (non-hydrogen) atoms. The summed E-state index contributed by atoms with van der Waals surface area (Å²) < 4.78 is 5.75. The highest BCUT2D eigenvalue weighted by molar-refractivity contribution is 9.10. The average Bonchev–Trinajstić information content (AvgIpc) is 2.20. The fourth-order valence-corrected chi connectivity index (χ4v) is 1.38. The van der Waals surface area contributed by atoms with Gasteiger partial charge in [-0.15, -0.1) is 0 Å². The molecule has 0 N–H and O–H groups in total. The molecule has 5 nitrogen and oxygen atoms in total. The lowest BCUT2D eigenvalue weighted by atomic mass is 10.3. The summed E-state index contributed by atoms with van der Waals surface area (Å²) in [5.41, 5.74) is 0. The first-order chi connectivity index (χ1) is 7.15. The summed E-state index contributed by atoms with van der Waals surface area (Å²) in [6.07, 6.45) is 1.99. The maximum absolute atomic E-state index is 10.4. The molecule has 0 bridgehead atoms. The Balaban J connectivity index is 2.70. The van der Waals surface area contributed by atoms with Gasteiger partial charge in [0.25, 0.3) is 4.60 Å². The predicted molar refractivity (Wildman–Crippen MR) is 59.0 cm³/mol. The van der Waals surface area contributed by atoms with Gasteiger partial charge in [0.15, 0.2) is 5.75 Å². The van der Waals surface area contributed by atoms with Crippen molar-refractivity contribution < 1.29 is 9.66 Å². The summed E-state index contributed by atoms with van der Waals surface area (Å²) in [5.74, 6) is 0.346. The standard InChI is InChI=1S/C9H11BrN2O3/c1-2-3-6-15-7-4-5-8(12(13)14)11-9(7)10/h4-5H,2-3,6H2,1H3. The highest BCUT2D eigenvalue weighted by Crippen LogP contribution is 2.25. The van der Waals surface area contributed by atoms with Gasteiger partial charge in [0.05, 0.1) is 6.61 Å². The quantitative estimate of drug-likeness (QED) is 0.358. The van der Waals surface area contributed by atoms with Gasteiger partial charge in [-0.25, -0.2) is 0 Å². The van der Waals surface area contributed by atoms with E-state index in [-0.39, 0.29) is 5.82 Å². The van der Waals surface area contributed by atoms with Gasteiger partial charge in [-0.2, -0.15) is 0 Å². The Kier molecular flexibility index (Phi) is 4.48. The van der Waals surface area contributed by atoms with Gasteiger partial charge in [-0.05, 0) is 22.4 Å². The van der Waals surface area contributed by atoms with Crippen LogP contribution in [0.25, 0.3) is 0 Å². The largest absolute Gasteiger partial charge is 0.488 e. The van der Waals surface area contributed by atoms with Crippen LogP contribution in [0.3, 0.4) is 0 Å². The summed E-state index contributed by atoms with van der Waals surface area (Å²) >= 11 is 3.13. The summed E-state index contributed by atoms with van der Waals surface area (Å²) in [7, 11) is 0. The van der Waals surface area contributed by atoms with Crippen molar-refractivity contribution in [1.29, 1.82) is 0 Å². The third-order valence-corrected chi connectivity index (χ3v) is 2.31. The SMILES string of the molecule is CCCCOc1ccc([N+](=O)[O-])nc1Br. The van der Waals surface area contributed by atoms with Crippen LogP contribution in [0.4, 0.5) is 5.82 Å². The normalized spacial score (nSPS) is 10.0. The van der Waals surface area contributed by atoms with Crippen molar-refractivity contribution in [2.75, 3.05) is 6.61 Å². The average molecular weight is 275 g/mol. The van der Waals surface area contributed by atoms with Crippen LogP contribution in [0.2, 0.25) is 0 Å². The fraction of sp³-hybridized carbons (Fsp3) is 0.444. The van der Waals surface area contributed by atoms with Crippen LogP contribution in [-0.4, -0.2) is 16.5 Å². The molecule has 82 valence electrons. The molecule has 1 aromatic rings. The minimum Gasteiger partial charge on any atom is -0.488 e. The van der Waals surface area contributed by atoms with Gasteiger partial charge in [0, 0.05) is 22.0 Å². The lowest BCUT2D eigenvalue weighted by Gasteiger charge is -2.04. The van der Waals surface area contributed by atoms with Crippen LogP contribution < -0.4 is 4.74 Å². The third-order valence-electron chi connectivity index (χ3n) is 1.74. The van der Waals surface area contributed by atoms with Crippen LogP contribution in [0.5, 0.6) is 5.75 Å². The van der Waals surface area contributed by atoms with E-state index < -0.39 is 4.92 Å². The zero-order valence-electron chi connectivity index (χ0n) is 8.27. The molecular weight excluding hydrogens is 264 g/mol. The van der Waals surface area contributed by atoms with E-state index in [9.17, 15) is 10.1 Å². The maximum atomic E-state index is 10.4. The highest BCUT2D eigenvalue weighted by atomic mass is 79.9. The smallest absolute Gasteiger partial charge is 0.364 e. The topological polar surface area (TPSA) is 65.3 Å².